The van der Waals surface area contributed by atoms with Crippen LogP contribution in [0.25, 0.3) is 30.7 Å². The van der Waals surface area contributed by atoms with Crippen molar-refractivity contribution >= 4 is 89.9 Å². The topological polar surface area (TPSA) is 172 Å². The third kappa shape index (κ3) is 7.70. The van der Waals surface area contributed by atoms with Crippen LogP contribution < -0.4 is 0 Å². The van der Waals surface area contributed by atoms with Gasteiger partial charge in [0.25, 0.3) is 0 Å². The van der Waals surface area contributed by atoms with Gasteiger partial charge in [0, 0.05) is 52.2 Å². The normalized spacial score (nSPS) is 14.6. The summed E-state index contributed by atoms with van der Waals surface area (Å²) in [6, 6.07) is 37.2. The number of rotatable bonds is 10. The Morgan fingerprint density at radius 3 is 1.31 bits per heavy atom. The van der Waals surface area contributed by atoms with Gasteiger partial charge in [-0.05, 0) is 47.5 Å². The number of hydrogen-bond donors (Lipinski definition) is 0. The molecule has 0 amide bonds. The van der Waals surface area contributed by atoms with E-state index >= 15 is 0 Å². The maximum absolute atomic E-state index is 14.1. The molecule has 8 rings (SSSR count). The van der Waals surface area contributed by atoms with E-state index in [0.29, 0.717) is 32.3 Å². The van der Waals surface area contributed by atoms with Crippen molar-refractivity contribution in [3.63, 3.8) is 0 Å². The minimum atomic E-state index is -0.487. The third-order valence-corrected chi connectivity index (χ3v) is 14.0. The zero-order valence-corrected chi connectivity index (χ0v) is 33.2. The van der Waals surface area contributed by atoms with Gasteiger partial charge in [0.05, 0.1) is 11.1 Å². The Hall–Kier alpha value is -7.04. The van der Waals surface area contributed by atoms with Crippen LogP contribution in [0.2, 0.25) is 0 Å². The highest BCUT2D eigenvalue weighted by atomic mass is 32.1. The second-order valence-electron chi connectivity index (χ2n) is 12.8. The van der Waals surface area contributed by atoms with Crippen molar-refractivity contribution < 1.29 is 19.1 Å². The lowest BCUT2D eigenvalue weighted by Gasteiger charge is -2.32. The molecule has 0 bridgehead atoms. The van der Waals surface area contributed by atoms with Crippen molar-refractivity contribution in [2.45, 2.75) is 25.0 Å². The highest BCUT2D eigenvalue weighted by molar-refractivity contribution is 7.25. The van der Waals surface area contributed by atoms with E-state index in [9.17, 15) is 30.6 Å². The summed E-state index contributed by atoms with van der Waals surface area (Å²) in [5, 5.41) is 38.0. The number of carbonyl (C=O) groups excluding carboxylic acids is 2. The van der Waals surface area contributed by atoms with Crippen LogP contribution in [0.4, 0.5) is 10.0 Å². The fourth-order valence-corrected chi connectivity index (χ4v) is 11.1. The van der Waals surface area contributed by atoms with Gasteiger partial charge in [0.2, 0.25) is 11.4 Å². The van der Waals surface area contributed by atoms with Gasteiger partial charge in [-0.2, -0.15) is 21.0 Å². The highest BCUT2D eigenvalue weighted by Crippen LogP contribution is 2.57. The van der Waals surface area contributed by atoms with Crippen LogP contribution in [0.1, 0.15) is 43.8 Å². The van der Waals surface area contributed by atoms with E-state index in [1.54, 1.807) is 36.4 Å². The molecule has 6 aromatic rings. The first-order chi connectivity index (χ1) is 28.3. The molecule has 2 unspecified atom stereocenters. The smallest absolute Gasteiger partial charge is 0.338 e. The number of nitrogens with zero attached hydrogens (tertiary/aromatic N) is 6. The van der Waals surface area contributed by atoms with Crippen LogP contribution in [0, 0.1) is 45.3 Å². The minimum absolute atomic E-state index is 0.0814. The first-order valence-corrected chi connectivity index (χ1v) is 20.7. The molecular weight excluding hydrogens is 805 g/mol. The molecule has 2 aliphatic rings. The predicted octanol–water partition coefficient (Wildman–Crippen LogP) is 10.7. The lowest BCUT2D eigenvalue weighted by molar-refractivity contribution is -0.138. The van der Waals surface area contributed by atoms with Crippen molar-refractivity contribution in [2.24, 2.45) is 9.98 Å². The largest absolute Gasteiger partial charge is 0.457 e. The van der Waals surface area contributed by atoms with Gasteiger partial charge in [0.15, 0.2) is 0 Å². The average Bonchev–Trinajstić information content (AvgIpc) is 4.10. The number of esters is 2. The molecule has 0 radical (unpaired) electrons. The van der Waals surface area contributed by atoms with Crippen LogP contribution in [0.3, 0.4) is 0 Å². The van der Waals surface area contributed by atoms with Crippen molar-refractivity contribution in [3.05, 3.63) is 141 Å². The fraction of sp³-hybridized carbons (Fsp3) is 0.0909. The van der Waals surface area contributed by atoms with E-state index in [2.05, 4.69) is 9.98 Å². The summed E-state index contributed by atoms with van der Waals surface area (Å²) in [5.74, 6) is -1.68. The molecule has 0 aliphatic heterocycles. The number of nitriles is 4. The predicted molar refractivity (Wildman–Crippen MR) is 226 cm³/mol. The summed E-state index contributed by atoms with van der Waals surface area (Å²) < 4.78 is 11.8. The molecule has 58 heavy (non-hydrogen) atoms. The number of fused-ring (bicyclic) bond motifs is 5. The molecule has 0 fully saturated rings. The van der Waals surface area contributed by atoms with Gasteiger partial charge in [-0.25, -0.2) is 19.6 Å². The van der Waals surface area contributed by atoms with Gasteiger partial charge >= 0.3 is 11.9 Å². The van der Waals surface area contributed by atoms with Gasteiger partial charge < -0.3 is 9.47 Å². The average molecular weight is 829 g/mol. The third-order valence-electron chi connectivity index (χ3n) is 9.19. The first-order valence-electron chi connectivity index (χ1n) is 17.5. The molecule has 2 aliphatic carbocycles. The molecule has 278 valence electrons. The fourth-order valence-electron chi connectivity index (χ4n) is 6.56. The molecule has 0 spiro atoms. The second-order valence-corrected chi connectivity index (χ2v) is 17.0. The highest BCUT2D eigenvalue weighted by Gasteiger charge is 2.41. The van der Waals surface area contributed by atoms with E-state index in [0.717, 1.165) is 40.4 Å². The maximum atomic E-state index is 14.1. The van der Waals surface area contributed by atoms with Crippen molar-refractivity contribution in [2.75, 3.05) is 0 Å². The Morgan fingerprint density at radius 1 is 0.534 bits per heavy atom. The summed E-state index contributed by atoms with van der Waals surface area (Å²) in [7, 11) is 0. The van der Waals surface area contributed by atoms with Crippen LogP contribution >= 0.6 is 45.3 Å². The molecule has 0 saturated carbocycles. The number of ether oxygens (including phenoxy) is 2. The summed E-state index contributed by atoms with van der Waals surface area (Å²) in [6.45, 7) is 0.163. The molecule has 0 N–H and O–H groups in total. The Kier molecular flexibility index (Phi) is 10.8. The Morgan fingerprint density at radius 2 is 0.931 bits per heavy atom. The zero-order chi connectivity index (χ0) is 40.2. The standard InChI is InChI=1S/C44H24N6O4S4/c45-19-27(20-46)49-39-13-11-35(55-39)37-17-31-33(43(51)53-23-25-7-3-1-4-8-25)15-29-30(41(31)57-37)16-34(44(52)54-24-26-9-5-2-6-10-26)32-18-38(58-42(29)32)36-12-14-40(56-36)50-28(21-47)22-48/h1-18,29-30H,23-24H2. The van der Waals surface area contributed by atoms with Crippen molar-refractivity contribution in [1.29, 1.82) is 21.0 Å². The maximum Gasteiger partial charge on any atom is 0.338 e. The van der Waals surface area contributed by atoms with Crippen LogP contribution in [-0.4, -0.2) is 23.4 Å². The first kappa shape index (κ1) is 37.9. The molecule has 4 heterocycles. The van der Waals surface area contributed by atoms with Crippen LogP contribution in [0.5, 0.6) is 0 Å². The molecule has 0 saturated heterocycles. The number of thiophene rings is 4. The number of benzene rings is 2. The molecule has 2 aromatic carbocycles. The number of carbonyl (C=O) groups is 2. The number of hydrogen-bond acceptors (Lipinski definition) is 14. The van der Waals surface area contributed by atoms with Gasteiger partial charge in [-0.15, -0.1) is 45.3 Å². The van der Waals surface area contributed by atoms with Crippen LogP contribution in [-0.2, 0) is 32.3 Å². The van der Waals surface area contributed by atoms with E-state index in [4.69, 9.17) is 9.47 Å². The molecule has 2 atom stereocenters. The summed E-state index contributed by atoms with van der Waals surface area (Å²) in [6.07, 6.45) is 3.87. The van der Waals surface area contributed by atoms with E-state index < -0.39 is 11.9 Å². The number of aliphatic imine (C=N–C) groups is 2. The van der Waals surface area contributed by atoms with Gasteiger partial charge in [0.1, 0.15) is 47.5 Å². The van der Waals surface area contributed by atoms with Gasteiger partial charge in [-0.3, -0.25) is 0 Å². The lowest BCUT2D eigenvalue weighted by Crippen LogP contribution is -2.22. The SMILES string of the molecule is N#CC(C#N)=Nc1ccc(-c2cc3c(s2)C2C=C(C(=O)OCc4ccccc4)c4cc(-c5ccc(N=C(C#N)C#N)s5)sc4C2C=C3C(=O)OCc2ccccc2)s1. The molecule has 10 nitrogen and oxygen atoms in total. The summed E-state index contributed by atoms with van der Waals surface area (Å²) in [4.78, 5) is 41.6. The molecule has 14 heteroatoms. The summed E-state index contributed by atoms with van der Waals surface area (Å²) >= 11 is 5.62. The molecule has 4 aromatic heterocycles. The Bertz CT molecular complexity index is 2670. The van der Waals surface area contributed by atoms with Crippen LogP contribution in [0.15, 0.2) is 119 Å². The quantitative estimate of drug-likeness (QED) is 0.0969. The van der Waals surface area contributed by atoms with Crippen molar-refractivity contribution in [1.82, 2.24) is 0 Å². The second kappa shape index (κ2) is 16.6. The lowest BCUT2D eigenvalue weighted by atomic mass is 9.74. The van der Waals surface area contributed by atoms with Crippen molar-refractivity contribution in [3.8, 4) is 43.8 Å². The number of allylic oxidation sites excluding steroid dienone is 2. The monoisotopic (exact) mass is 828 g/mol. The molecular formula is C44H24N6O4S4. The van der Waals surface area contributed by atoms with E-state index in [1.165, 1.54) is 45.3 Å². The summed E-state index contributed by atoms with van der Waals surface area (Å²) in [5.41, 5.74) is 3.37. The minimum Gasteiger partial charge on any atom is -0.457 e. The zero-order valence-electron chi connectivity index (χ0n) is 29.9. The Labute approximate surface area is 348 Å². The van der Waals surface area contributed by atoms with E-state index in [1.807, 2.05) is 97.1 Å². The van der Waals surface area contributed by atoms with Gasteiger partial charge in [-0.1, -0.05) is 72.8 Å². The van der Waals surface area contributed by atoms with E-state index in [-0.39, 0.29) is 36.5 Å². The Balaban J connectivity index is 1.24.